The Kier molecular flexibility index (Phi) is 5.22. The van der Waals surface area contributed by atoms with Crippen LogP contribution in [0.1, 0.15) is 21.5 Å². The molecule has 0 aliphatic carbocycles. The number of amides is 1. The van der Waals surface area contributed by atoms with Gasteiger partial charge in [0.1, 0.15) is 17.4 Å². The Hall–Kier alpha value is -3.28. The van der Waals surface area contributed by atoms with Crippen LogP contribution in [0.2, 0.25) is 0 Å². The predicted octanol–water partition coefficient (Wildman–Crippen LogP) is 4.39. The number of aryl methyl sites for hydroxylation is 1. The van der Waals surface area contributed by atoms with Gasteiger partial charge < -0.3 is 10.1 Å². The molecule has 6 heteroatoms. The number of halogens is 2. The molecular weight excluding hydrogens is 338 g/mol. The van der Waals surface area contributed by atoms with Gasteiger partial charge in [0.05, 0.1) is 0 Å². The number of pyridine rings is 1. The van der Waals surface area contributed by atoms with Crippen LogP contribution in [-0.4, -0.2) is 10.9 Å². The number of hydrogen-bond donors (Lipinski definition) is 1. The van der Waals surface area contributed by atoms with Crippen molar-refractivity contribution in [3.05, 3.63) is 89.1 Å². The molecule has 2 aromatic carbocycles. The number of nitrogens with zero attached hydrogens (tertiary/aromatic N) is 1. The summed E-state index contributed by atoms with van der Waals surface area (Å²) in [6, 6.07) is 13.2. The highest BCUT2D eigenvalue weighted by atomic mass is 19.1. The zero-order valence-electron chi connectivity index (χ0n) is 14.0. The van der Waals surface area contributed by atoms with Gasteiger partial charge in [-0.25, -0.2) is 13.8 Å². The number of benzene rings is 2. The fourth-order valence-corrected chi connectivity index (χ4v) is 2.34. The van der Waals surface area contributed by atoms with Crippen molar-refractivity contribution in [2.24, 2.45) is 0 Å². The van der Waals surface area contributed by atoms with Crippen molar-refractivity contribution in [2.75, 3.05) is 0 Å². The Morgan fingerprint density at radius 2 is 1.88 bits per heavy atom. The Labute approximate surface area is 149 Å². The van der Waals surface area contributed by atoms with Gasteiger partial charge in [-0.3, -0.25) is 4.79 Å². The van der Waals surface area contributed by atoms with Crippen molar-refractivity contribution >= 4 is 5.91 Å². The maximum Gasteiger partial charge on any atom is 0.251 e. The van der Waals surface area contributed by atoms with Gasteiger partial charge in [-0.05, 0) is 42.3 Å². The summed E-state index contributed by atoms with van der Waals surface area (Å²) in [5.74, 6) is -0.551. The van der Waals surface area contributed by atoms with Crippen molar-refractivity contribution in [1.82, 2.24) is 10.3 Å². The molecule has 26 heavy (non-hydrogen) atoms. The van der Waals surface area contributed by atoms with Gasteiger partial charge in [-0.1, -0.05) is 18.2 Å². The SMILES string of the molecule is Cc1ccc(F)cc1C(=O)NCc1ccc(Oc2cccc(F)c2)nc1. The number of hydrogen-bond acceptors (Lipinski definition) is 3. The van der Waals surface area contributed by atoms with Gasteiger partial charge in [0.15, 0.2) is 0 Å². The van der Waals surface area contributed by atoms with E-state index >= 15 is 0 Å². The minimum atomic E-state index is -0.457. The molecule has 1 heterocycles. The molecule has 0 saturated heterocycles. The molecule has 1 aromatic heterocycles. The van der Waals surface area contributed by atoms with Gasteiger partial charge in [-0.2, -0.15) is 0 Å². The number of carbonyl (C=O) groups excluding carboxylic acids is 1. The molecule has 1 amide bonds. The maximum absolute atomic E-state index is 13.3. The lowest BCUT2D eigenvalue weighted by Gasteiger charge is -2.09. The molecule has 0 bridgehead atoms. The number of nitrogens with one attached hydrogen (secondary N) is 1. The molecule has 0 radical (unpaired) electrons. The summed E-state index contributed by atoms with van der Waals surface area (Å²) in [4.78, 5) is 16.3. The second-order valence-corrected chi connectivity index (χ2v) is 5.71. The topological polar surface area (TPSA) is 51.2 Å². The zero-order valence-corrected chi connectivity index (χ0v) is 14.0. The fourth-order valence-electron chi connectivity index (χ4n) is 2.34. The van der Waals surface area contributed by atoms with E-state index in [1.807, 2.05) is 0 Å². The molecule has 132 valence electrons. The molecule has 0 aliphatic heterocycles. The second kappa shape index (κ2) is 7.74. The van der Waals surface area contributed by atoms with Crippen LogP contribution in [0.4, 0.5) is 8.78 Å². The summed E-state index contributed by atoms with van der Waals surface area (Å²) in [6.07, 6.45) is 1.55. The average molecular weight is 354 g/mol. The molecule has 0 spiro atoms. The first-order valence-electron chi connectivity index (χ1n) is 7.94. The summed E-state index contributed by atoms with van der Waals surface area (Å²) in [6.45, 7) is 1.98. The summed E-state index contributed by atoms with van der Waals surface area (Å²) in [5, 5.41) is 2.72. The van der Waals surface area contributed by atoms with E-state index in [0.29, 0.717) is 22.8 Å². The van der Waals surface area contributed by atoms with Gasteiger partial charge >= 0.3 is 0 Å². The molecule has 0 fully saturated rings. The molecule has 3 aromatic rings. The minimum Gasteiger partial charge on any atom is -0.439 e. The first kappa shape index (κ1) is 17.5. The fraction of sp³-hybridized carbons (Fsp3) is 0.100. The van der Waals surface area contributed by atoms with Crippen LogP contribution in [0.5, 0.6) is 11.6 Å². The average Bonchev–Trinajstić information content (AvgIpc) is 2.63. The highest BCUT2D eigenvalue weighted by Gasteiger charge is 2.10. The van der Waals surface area contributed by atoms with Crippen LogP contribution < -0.4 is 10.1 Å². The molecule has 1 N–H and O–H groups in total. The van der Waals surface area contributed by atoms with Crippen LogP contribution in [-0.2, 0) is 6.54 Å². The van der Waals surface area contributed by atoms with Crippen molar-refractivity contribution in [1.29, 1.82) is 0 Å². The first-order chi connectivity index (χ1) is 12.5. The lowest BCUT2D eigenvalue weighted by molar-refractivity contribution is 0.0950. The number of rotatable bonds is 5. The number of aromatic nitrogens is 1. The van der Waals surface area contributed by atoms with E-state index in [-0.39, 0.29) is 12.5 Å². The third kappa shape index (κ3) is 4.42. The van der Waals surface area contributed by atoms with Crippen LogP contribution in [0.25, 0.3) is 0 Å². The molecule has 0 aliphatic rings. The molecule has 0 saturated carbocycles. The van der Waals surface area contributed by atoms with Crippen molar-refractivity contribution in [3.63, 3.8) is 0 Å². The van der Waals surface area contributed by atoms with E-state index < -0.39 is 11.6 Å². The Morgan fingerprint density at radius 1 is 1.08 bits per heavy atom. The van der Waals surface area contributed by atoms with E-state index in [4.69, 9.17) is 4.74 Å². The zero-order chi connectivity index (χ0) is 18.5. The first-order valence-corrected chi connectivity index (χ1v) is 7.94. The van der Waals surface area contributed by atoms with Gasteiger partial charge in [0.2, 0.25) is 5.88 Å². The smallest absolute Gasteiger partial charge is 0.251 e. The van der Waals surface area contributed by atoms with Gasteiger partial charge in [0, 0.05) is 30.4 Å². The van der Waals surface area contributed by atoms with E-state index in [0.717, 1.165) is 5.56 Å². The summed E-state index contributed by atoms with van der Waals surface area (Å²) in [7, 11) is 0. The monoisotopic (exact) mass is 354 g/mol. The molecule has 0 atom stereocenters. The molecule has 0 unspecified atom stereocenters. The van der Waals surface area contributed by atoms with Crippen molar-refractivity contribution < 1.29 is 18.3 Å². The largest absolute Gasteiger partial charge is 0.439 e. The van der Waals surface area contributed by atoms with Gasteiger partial charge in [-0.15, -0.1) is 0 Å². The van der Waals surface area contributed by atoms with Gasteiger partial charge in [0.25, 0.3) is 5.91 Å². The predicted molar refractivity (Wildman–Crippen MR) is 93.0 cm³/mol. The quantitative estimate of drug-likeness (QED) is 0.739. The van der Waals surface area contributed by atoms with Crippen molar-refractivity contribution in [2.45, 2.75) is 13.5 Å². The third-order valence-corrected chi connectivity index (χ3v) is 3.71. The van der Waals surface area contributed by atoms with Crippen LogP contribution in [0.3, 0.4) is 0 Å². The number of ether oxygens (including phenoxy) is 1. The van der Waals surface area contributed by atoms with E-state index in [1.54, 1.807) is 43.5 Å². The highest BCUT2D eigenvalue weighted by molar-refractivity contribution is 5.95. The second-order valence-electron chi connectivity index (χ2n) is 5.71. The summed E-state index contributed by atoms with van der Waals surface area (Å²) in [5.41, 5.74) is 1.74. The minimum absolute atomic E-state index is 0.238. The number of carbonyl (C=O) groups is 1. The summed E-state index contributed by atoms with van der Waals surface area (Å²) >= 11 is 0. The molecule has 4 nitrogen and oxygen atoms in total. The van der Waals surface area contributed by atoms with Crippen molar-refractivity contribution in [3.8, 4) is 11.6 Å². The van der Waals surface area contributed by atoms with E-state index in [2.05, 4.69) is 10.3 Å². The summed E-state index contributed by atoms with van der Waals surface area (Å²) < 4.78 is 31.9. The Balaban J connectivity index is 1.61. The van der Waals surface area contributed by atoms with Crippen LogP contribution >= 0.6 is 0 Å². The lowest BCUT2D eigenvalue weighted by atomic mass is 10.1. The Bertz CT molecular complexity index is 927. The van der Waals surface area contributed by atoms with Crippen LogP contribution in [0.15, 0.2) is 60.8 Å². The maximum atomic E-state index is 13.3. The van der Waals surface area contributed by atoms with E-state index in [9.17, 15) is 13.6 Å². The normalized spacial score (nSPS) is 10.4. The Morgan fingerprint density at radius 3 is 2.62 bits per heavy atom. The third-order valence-electron chi connectivity index (χ3n) is 3.71. The standard InChI is InChI=1S/C20H16F2N2O2/c1-13-5-7-16(22)10-18(13)20(25)24-12-14-6-8-19(23-11-14)26-17-4-2-3-15(21)9-17/h2-11H,12H2,1H3,(H,24,25). The van der Waals surface area contributed by atoms with E-state index in [1.165, 1.54) is 24.3 Å². The van der Waals surface area contributed by atoms with Crippen LogP contribution in [0, 0.1) is 18.6 Å². The highest BCUT2D eigenvalue weighted by Crippen LogP contribution is 2.20. The molecular formula is C20H16F2N2O2. The molecule has 3 rings (SSSR count). The lowest BCUT2D eigenvalue weighted by Crippen LogP contribution is -2.23.